The molecule has 0 radical (unpaired) electrons. The molecule has 0 fully saturated rings. The molecule has 0 atom stereocenters. The molecule has 0 unspecified atom stereocenters. The zero-order valence-electron chi connectivity index (χ0n) is 30.2. The van der Waals surface area contributed by atoms with Crippen LogP contribution in [0.2, 0.25) is 0 Å². The van der Waals surface area contributed by atoms with Gasteiger partial charge in [-0.2, -0.15) is 0 Å². The minimum absolute atomic E-state index is 0.865. The van der Waals surface area contributed by atoms with Crippen LogP contribution >= 0.6 is 0 Å². The monoisotopic (exact) mass is 716 g/mol. The van der Waals surface area contributed by atoms with Crippen molar-refractivity contribution >= 4 is 71.6 Å². The van der Waals surface area contributed by atoms with E-state index in [-0.39, 0.29) is 0 Å². The SMILES string of the molecule is c1ccc(N(c2ccc(-c3cccc(-c4cccc5c6cccc7c6n(c45)-c4ccccc4O7)c3)cc2)c2ccc3c(c2)oc2ccc4ccccc4c23)cc1. The van der Waals surface area contributed by atoms with E-state index in [4.69, 9.17) is 9.15 Å². The summed E-state index contributed by atoms with van der Waals surface area (Å²) in [5.41, 5.74) is 13.0. The Kier molecular flexibility index (Phi) is 6.60. The Morgan fingerprint density at radius 3 is 2.00 bits per heavy atom. The lowest BCUT2D eigenvalue weighted by Crippen LogP contribution is -2.09. The van der Waals surface area contributed by atoms with Crippen LogP contribution in [0.25, 0.3) is 82.5 Å². The first kappa shape index (κ1) is 30.9. The minimum atomic E-state index is 0.865. The smallest absolute Gasteiger partial charge is 0.152 e. The Labute approximate surface area is 322 Å². The number of hydrogen-bond acceptors (Lipinski definition) is 3. The lowest BCUT2D eigenvalue weighted by molar-refractivity contribution is 0.476. The summed E-state index contributed by atoms with van der Waals surface area (Å²) in [6, 6.07) is 68.9. The Morgan fingerprint density at radius 2 is 1.09 bits per heavy atom. The highest BCUT2D eigenvalue weighted by Gasteiger charge is 2.25. The topological polar surface area (TPSA) is 30.5 Å². The number of fused-ring (bicyclic) bond motifs is 10. The van der Waals surface area contributed by atoms with Crippen molar-refractivity contribution in [3.63, 3.8) is 0 Å². The highest BCUT2D eigenvalue weighted by atomic mass is 16.5. The zero-order valence-corrected chi connectivity index (χ0v) is 30.2. The van der Waals surface area contributed by atoms with Gasteiger partial charge in [-0.25, -0.2) is 0 Å². The van der Waals surface area contributed by atoms with Crippen LogP contribution in [0.3, 0.4) is 0 Å². The van der Waals surface area contributed by atoms with E-state index >= 15 is 0 Å². The summed E-state index contributed by atoms with van der Waals surface area (Å²) in [6.45, 7) is 0. The van der Waals surface area contributed by atoms with Gasteiger partial charge in [0.1, 0.15) is 11.2 Å². The Bertz CT molecular complexity index is 3340. The molecule has 262 valence electrons. The summed E-state index contributed by atoms with van der Waals surface area (Å²) < 4.78 is 15.3. The number of ether oxygens (including phenoxy) is 1. The molecule has 0 amide bonds. The molecule has 11 aromatic rings. The number of rotatable bonds is 5. The number of hydrogen-bond donors (Lipinski definition) is 0. The normalized spacial score (nSPS) is 12.1. The van der Waals surface area contributed by atoms with Crippen LogP contribution in [0, 0.1) is 0 Å². The third-order valence-electron chi connectivity index (χ3n) is 11.3. The van der Waals surface area contributed by atoms with E-state index in [9.17, 15) is 0 Å². The van der Waals surface area contributed by atoms with Gasteiger partial charge < -0.3 is 18.6 Å². The van der Waals surface area contributed by atoms with Crippen LogP contribution in [0.1, 0.15) is 0 Å². The lowest BCUT2D eigenvalue weighted by Gasteiger charge is -2.25. The first-order valence-electron chi connectivity index (χ1n) is 19.0. The van der Waals surface area contributed by atoms with Crippen molar-refractivity contribution in [3.05, 3.63) is 194 Å². The number of aromatic nitrogens is 1. The third-order valence-corrected chi connectivity index (χ3v) is 11.3. The van der Waals surface area contributed by atoms with Gasteiger partial charge >= 0.3 is 0 Å². The summed E-state index contributed by atoms with van der Waals surface area (Å²) in [4.78, 5) is 2.30. The average Bonchev–Trinajstić information content (AvgIpc) is 3.82. The van der Waals surface area contributed by atoms with Gasteiger partial charge in [-0.1, -0.05) is 121 Å². The molecule has 0 spiro atoms. The van der Waals surface area contributed by atoms with Crippen LogP contribution in [0.5, 0.6) is 11.5 Å². The second-order valence-electron chi connectivity index (χ2n) is 14.5. The molecule has 1 aliphatic heterocycles. The van der Waals surface area contributed by atoms with Crippen molar-refractivity contribution in [2.24, 2.45) is 0 Å². The standard InChI is InChI=1S/C52H32N2O2/c1-2-14-37(15-3-1)53(39-28-29-44-49(32-39)56-47-30-25-34-11-4-5-16-40(34)50(44)47)38-26-23-33(24-27-38)35-12-8-13-36(31-35)41-17-9-18-42-43-19-10-22-48-52(43)54(51(41)42)45-20-6-7-21-46(45)55-48/h1-32H. The van der Waals surface area contributed by atoms with Gasteiger partial charge in [0.25, 0.3) is 0 Å². The van der Waals surface area contributed by atoms with Crippen molar-refractivity contribution in [1.29, 1.82) is 0 Å². The van der Waals surface area contributed by atoms with Crippen molar-refractivity contribution < 1.29 is 9.15 Å². The van der Waals surface area contributed by atoms with Crippen molar-refractivity contribution in [3.8, 4) is 39.4 Å². The summed E-state index contributed by atoms with van der Waals surface area (Å²) in [5.74, 6) is 1.75. The molecule has 4 heteroatoms. The van der Waals surface area contributed by atoms with E-state index in [0.717, 1.165) is 72.8 Å². The minimum Gasteiger partial charge on any atom is -0.456 e. The maximum Gasteiger partial charge on any atom is 0.152 e. The Balaban J connectivity index is 0.954. The molecular weight excluding hydrogens is 685 g/mol. The largest absolute Gasteiger partial charge is 0.456 e. The summed E-state index contributed by atoms with van der Waals surface area (Å²) in [5, 5.41) is 7.10. The van der Waals surface area contributed by atoms with E-state index < -0.39 is 0 Å². The summed E-state index contributed by atoms with van der Waals surface area (Å²) in [7, 11) is 0. The van der Waals surface area contributed by atoms with E-state index in [1.165, 1.54) is 38.2 Å². The molecular formula is C52H32N2O2. The Morgan fingerprint density at radius 1 is 0.393 bits per heavy atom. The maximum atomic E-state index is 6.50. The summed E-state index contributed by atoms with van der Waals surface area (Å²) in [6.07, 6.45) is 0. The van der Waals surface area contributed by atoms with Gasteiger partial charge in [-0.05, 0) is 94.2 Å². The molecule has 0 bridgehead atoms. The molecule has 0 N–H and O–H groups in total. The van der Waals surface area contributed by atoms with E-state index in [2.05, 4.69) is 191 Å². The van der Waals surface area contributed by atoms with E-state index in [1.54, 1.807) is 0 Å². The first-order chi connectivity index (χ1) is 27.8. The fourth-order valence-corrected chi connectivity index (χ4v) is 8.85. The molecule has 2 aromatic heterocycles. The number of benzene rings is 9. The fraction of sp³-hybridized carbons (Fsp3) is 0. The fourth-order valence-electron chi connectivity index (χ4n) is 8.85. The number of furan rings is 1. The molecule has 3 heterocycles. The van der Waals surface area contributed by atoms with Crippen molar-refractivity contribution in [1.82, 2.24) is 4.57 Å². The maximum absolute atomic E-state index is 6.50. The number of para-hydroxylation sites is 5. The van der Waals surface area contributed by atoms with Gasteiger partial charge in [0, 0.05) is 50.2 Å². The van der Waals surface area contributed by atoms with E-state index in [0.29, 0.717) is 0 Å². The highest BCUT2D eigenvalue weighted by molar-refractivity contribution is 6.19. The van der Waals surface area contributed by atoms with Crippen LogP contribution in [0.15, 0.2) is 199 Å². The molecule has 56 heavy (non-hydrogen) atoms. The van der Waals surface area contributed by atoms with Crippen molar-refractivity contribution in [2.75, 3.05) is 4.90 Å². The van der Waals surface area contributed by atoms with Crippen LogP contribution < -0.4 is 9.64 Å². The van der Waals surface area contributed by atoms with E-state index in [1.807, 2.05) is 12.1 Å². The number of nitrogens with zero attached hydrogens (tertiary/aromatic N) is 2. The molecule has 4 nitrogen and oxygen atoms in total. The zero-order chi connectivity index (χ0) is 36.7. The lowest BCUT2D eigenvalue weighted by atomic mass is 9.97. The van der Waals surface area contributed by atoms with Gasteiger partial charge in [0.05, 0.1) is 16.7 Å². The highest BCUT2D eigenvalue weighted by Crippen LogP contribution is 2.48. The summed E-state index contributed by atoms with van der Waals surface area (Å²) >= 11 is 0. The molecule has 12 rings (SSSR count). The van der Waals surface area contributed by atoms with Gasteiger partial charge in [-0.3, -0.25) is 0 Å². The average molecular weight is 717 g/mol. The second-order valence-corrected chi connectivity index (χ2v) is 14.5. The van der Waals surface area contributed by atoms with Gasteiger partial charge in [-0.15, -0.1) is 0 Å². The second kappa shape index (κ2) is 12.0. The van der Waals surface area contributed by atoms with Crippen molar-refractivity contribution in [2.45, 2.75) is 0 Å². The van der Waals surface area contributed by atoms with Crippen LogP contribution in [-0.4, -0.2) is 4.57 Å². The molecule has 1 aliphatic rings. The quantitative estimate of drug-likeness (QED) is 0.178. The molecule has 0 saturated carbocycles. The predicted molar refractivity (Wildman–Crippen MR) is 231 cm³/mol. The first-order valence-corrected chi connectivity index (χ1v) is 19.0. The van der Waals surface area contributed by atoms with Crippen LogP contribution in [0.4, 0.5) is 17.1 Å². The Hall–Kier alpha value is -7.56. The third kappa shape index (κ3) is 4.60. The molecule has 9 aromatic carbocycles. The van der Waals surface area contributed by atoms with Gasteiger partial charge in [0.2, 0.25) is 0 Å². The van der Waals surface area contributed by atoms with Crippen LogP contribution in [-0.2, 0) is 0 Å². The predicted octanol–water partition coefficient (Wildman–Crippen LogP) is 14.7. The van der Waals surface area contributed by atoms with Gasteiger partial charge in [0.15, 0.2) is 11.5 Å². The molecule has 0 aliphatic carbocycles. The number of anilines is 3. The molecule has 0 saturated heterocycles.